The fraction of sp³-hybridized carbons (Fsp3) is 0.200. The molecule has 37 heavy (non-hydrogen) atoms. The van der Waals surface area contributed by atoms with Gasteiger partial charge >= 0.3 is 0 Å². The Labute approximate surface area is 220 Å². The number of allylic oxidation sites excluding steroid dienone is 2. The summed E-state index contributed by atoms with van der Waals surface area (Å²) in [5, 5.41) is 21.6. The number of halogens is 1. The van der Waals surface area contributed by atoms with Crippen LogP contribution in [0, 0.1) is 5.41 Å². The summed E-state index contributed by atoms with van der Waals surface area (Å²) in [7, 11) is 3.10. The van der Waals surface area contributed by atoms with E-state index in [1.807, 2.05) is 48.5 Å². The minimum absolute atomic E-state index is 0.0287. The van der Waals surface area contributed by atoms with Crippen molar-refractivity contribution in [1.82, 2.24) is 0 Å². The normalized spacial score (nSPS) is 19.0. The Morgan fingerprint density at radius 2 is 1.70 bits per heavy atom. The van der Waals surface area contributed by atoms with Crippen molar-refractivity contribution in [3.63, 3.8) is 0 Å². The SMILES string of the molecule is COc1cccc(C2C3=C(CCCC3=O)N(c3ccccc3Cl)C(=N)/C2=C(/O)c2ccccc2)c1OC. The van der Waals surface area contributed by atoms with Crippen molar-refractivity contribution in [2.24, 2.45) is 0 Å². The number of hydrogen-bond donors (Lipinski definition) is 2. The van der Waals surface area contributed by atoms with Crippen LogP contribution >= 0.6 is 11.6 Å². The van der Waals surface area contributed by atoms with Gasteiger partial charge in [-0.1, -0.05) is 66.2 Å². The van der Waals surface area contributed by atoms with Crippen LogP contribution in [0.25, 0.3) is 5.76 Å². The van der Waals surface area contributed by atoms with Gasteiger partial charge in [0.05, 0.1) is 30.8 Å². The van der Waals surface area contributed by atoms with Crippen LogP contribution in [0.4, 0.5) is 5.69 Å². The van der Waals surface area contributed by atoms with E-state index in [9.17, 15) is 15.3 Å². The van der Waals surface area contributed by atoms with Crippen molar-refractivity contribution in [2.75, 3.05) is 19.1 Å². The molecule has 0 spiro atoms. The predicted molar refractivity (Wildman–Crippen MR) is 146 cm³/mol. The number of aliphatic hydroxyl groups is 1. The fourth-order valence-corrected chi connectivity index (χ4v) is 5.51. The largest absolute Gasteiger partial charge is 0.507 e. The summed E-state index contributed by atoms with van der Waals surface area (Å²) < 4.78 is 11.3. The topological polar surface area (TPSA) is 82.9 Å². The van der Waals surface area contributed by atoms with Gasteiger partial charge < -0.3 is 14.6 Å². The third-order valence-corrected chi connectivity index (χ3v) is 7.21. The summed E-state index contributed by atoms with van der Waals surface area (Å²) >= 11 is 6.61. The Morgan fingerprint density at radius 3 is 2.41 bits per heavy atom. The second-order valence-electron chi connectivity index (χ2n) is 8.92. The van der Waals surface area contributed by atoms with E-state index in [2.05, 4.69) is 0 Å². The van der Waals surface area contributed by atoms with Crippen molar-refractivity contribution >= 4 is 34.7 Å². The number of aliphatic hydroxyl groups excluding tert-OH is 1. The molecular weight excluding hydrogens is 488 g/mol. The zero-order valence-corrected chi connectivity index (χ0v) is 21.4. The number of benzene rings is 3. The molecule has 0 bridgehead atoms. The monoisotopic (exact) mass is 514 g/mol. The molecule has 0 fully saturated rings. The van der Waals surface area contributed by atoms with Gasteiger partial charge in [-0.05, 0) is 31.0 Å². The second-order valence-corrected chi connectivity index (χ2v) is 9.32. The number of para-hydroxylation sites is 2. The highest BCUT2D eigenvalue weighted by atomic mass is 35.5. The molecule has 1 unspecified atom stereocenters. The van der Waals surface area contributed by atoms with Crippen LogP contribution in [0.5, 0.6) is 11.5 Å². The smallest absolute Gasteiger partial charge is 0.164 e. The van der Waals surface area contributed by atoms with Gasteiger partial charge in [-0.25, -0.2) is 0 Å². The summed E-state index contributed by atoms with van der Waals surface area (Å²) in [5.74, 6) is 0.167. The number of hydrogen-bond acceptors (Lipinski definition) is 5. The molecule has 0 saturated carbocycles. The van der Waals surface area contributed by atoms with Gasteiger partial charge in [-0.15, -0.1) is 0 Å². The minimum Gasteiger partial charge on any atom is -0.507 e. The lowest BCUT2D eigenvalue weighted by atomic mass is 9.73. The summed E-state index contributed by atoms with van der Waals surface area (Å²) in [4.78, 5) is 15.4. The molecule has 2 aliphatic rings. The van der Waals surface area contributed by atoms with E-state index in [4.69, 9.17) is 21.1 Å². The highest BCUT2D eigenvalue weighted by Gasteiger charge is 2.44. The Balaban J connectivity index is 1.89. The summed E-state index contributed by atoms with van der Waals surface area (Å²) in [6.07, 6.45) is 1.64. The molecule has 1 heterocycles. The Hall–Kier alpha value is -4.03. The van der Waals surface area contributed by atoms with Crippen LogP contribution in [-0.2, 0) is 4.79 Å². The number of methoxy groups -OCH3 is 2. The number of amidine groups is 1. The first-order valence-corrected chi connectivity index (χ1v) is 12.4. The summed E-state index contributed by atoms with van der Waals surface area (Å²) in [6, 6.07) is 21.8. The second kappa shape index (κ2) is 10.1. The molecule has 6 nitrogen and oxygen atoms in total. The van der Waals surface area contributed by atoms with Gasteiger partial charge in [0.25, 0.3) is 0 Å². The van der Waals surface area contributed by atoms with Gasteiger partial charge in [0.2, 0.25) is 0 Å². The number of carbonyl (C=O) groups excluding carboxylic acids is 1. The van der Waals surface area contributed by atoms with Gasteiger partial charge in [0, 0.05) is 34.4 Å². The van der Waals surface area contributed by atoms with E-state index in [0.717, 1.165) is 0 Å². The first kappa shape index (κ1) is 24.7. The van der Waals surface area contributed by atoms with Crippen molar-refractivity contribution in [3.05, 3.63) is 106 Å². The average molecular weight is 515 g/mol. The number of rotatable bonds is 5. The minimum atomic E-state index is -0.737. The summed E-state index contributed by atoms with van der Waals surface area (Å²) in [6.45, 7) is 0. The van der Waals surface area contributed by atoms with Crippen LogP contribution in [0.2, 0.25) is 5.02 Å². The highest BCUT2D eigenvalue weighted by Crippen LogP contribution is 2.51. The maximum absolute atomic E-state index is 13.7. The van der Waals surface area contributed by atoms with Crippen molar-refractivity contribution < 1.29 is 19.4 Å². The predicted octanol–water partition coefficient (Wildman–Crippen LogP) is 6.91. The highest BCUT2D eigenvalue weighted by molar-refractivity contribution is 6.34. The third kappa shape index (κ3) is 4.17. The fourth-order valence-electron chi connectivity index (χ4n) is 5.29. The number of ketones is 1. The molecule has 7 heteroatoms. The van der Waals surface area contributed by atoms with Crippen LogP contribution in [0.15, 0.2) is 89.6 Å². The van der Waals surface area contributed by atoms with Crippen LogP contribution in [0.3, 0.4) is 0 Å². The number of carbonyl (C=O) groups is 1. The Bertz CT molecular complexity index is 1440. The van der Waals surface area contributed by atoms with Crippen LogP contribution in [-0.4, -0.2) is 30.9 Å². The molecular formula is C30H27ClN2O4. The number of Topliss-reactive ketones (excluding diaryl/α,β-unsaturated/α-hetero) is 1. The van der Waals surface area contributed by atoms with Crippen molar-refractivity contribution in [2.45, 2.75) is 25.2 Å². The van der Waals surface area contributed by atoms with Crippen LogP contribution in [0.1, 0.15) is 36.3 Å². The molecule has 1 aliphatic heterocycles. The Kier molecular flexibility index (Phi) is 6.76. The first-order chi connectivity index (χ1) is 18.0. The van der Waals surface area contributed by atoms with Crippen molar-refractivity contribution in [3.8, 4) is 11.5 Å². The van der Waals surface area contributed by atoms with Crippen LogP contribution < -0.4 is 14.4 Å². The number of ether oxygens (including phenoxy) is 2. The van der Waals surface area contributed by atoms with Gasteiger partial charge in [0.1, 0.15) is 11.6 Å². The molecule has 3 aromatic rings. The third-order valence-electron chi connectivity index (χ3n) is 6.89. The van der Waals surface area contributed by atoms with E-state index in [1.54, 1.807) is 43.4 Å². The summed E-state index contributed by atoms with van der Waals surface area (Å²) in [5.41, 5.74) is 3.32. The molecule has 0 radical (unpaired) electrons. The number of nitrogens with one attached hydrogen (secondary N) is 1. The van der Waals surface area contributed by atoms with Crippen molar-refractivity contribution in [1.29, 1.82) is 5.41 Å². The van der Waals surface area contributed by atoms with E-state index < -0.39 is 5.92 Å². The van der Waals surface area contributed by atoms with E-state index in [0.29, 0.717) is 69.4 Å². The first-order valence-electron chi connectivity index (χ1n) is 12.1. The Morgan fingerprint density at radius 1 is 0.973 bits per heavy atom. The molecule has 188 valence electrons. The molecule has 1 atom stereocenters. The lowest BCUT2D eigenvalue weighted by Gasteiger charge is -2.42. The van der Waals surface area contributed by atoms with Gasteiger partial charge in [-0.3, -0.25) is 15.1 Å². The molecule has 3 aromatic carbocycles. The average Bonchev–Trinajstić information content (AvgIpc) is 2.93. The molecule has 0 amide bonds. The van der Waals surface area contributed by atoms with Gasteiger partial charge in [-0.2, -0.15) is 0 Å². The lowest BCUT2D eigenvalue weighted by Crippen LogP contribution is -2.42. The quantitative estimate of drug-likeness (QED) is 0.361. The maximum Gasteiger partial charge on any atom is 0.164 e. The zero-order valence-electron chi connectivity index (χ0n) is 20.6. The molecule has 2 N–H and O–H groups in total. The number of anilines is 1. The van der Waals surface area contributed by atoms with E-state index in [-0.39, 0.29) is 17.4 Å². The zero-order chi connectivity index (χ0) is 26.1. The van der Waals surface area contributed by atoms with Gasteiger partial charge in [0.15, 0.2) is 17.3 Å². The standard InChI is InChI=1S/C30H27ClN2O4/c1-36-24-17-8-12-19(29(24)37-2)25-26-22(15-9-16-23(26)34)33(21-14-7-6-13-20(21)31)30(32)27(25)28(35)18-10-4-3-5-11-18/h3-8,10-14,17,25,32,35H,9,15-16H2,1-2H3/b28-27+,32-30?. The van der Waals surface area contributed by atoms with E-state index >= 15 is 0 Å². The molecule has 0 saturated heterocycles. The molecule has 5 rings (SSSR count). The lowest BCUT2D eigenvalue weighted by molar-refractivity contribution is -0.116. The number of nitrogens with zero attached hydrogens (tertiary/aromatic N) is 1. The molecule has 1 aliphatic carbocycles. The molecule has 0 aromatic heterocycles. The maximum atomic E-state index is 13.7. The van der Waals surface area contributed by atoms with E-state index in [1.165, 1.54) is 0 Å².